The summed E-state index contributed by atoms with van der Waals surface area (Å²) >= 11 is 5.94. The molecule has 0 radical (unpaired) electrons. The van der Waals surface area contributed by atoms with Crippen molar-refractivity contribution in [2.75, 3.05) is 26.2 Å². The molecule has 0 bridgehead atoms. The van der Waals surface area contributed by atoms with Crippen LogP contribution < -0.4 is 0 Å². The summed E-state index contributed by atoms with van der Waals surface area (Å²) in [5, 5.41) is 11.6. The van der Waals surface area contributed by atoms with Crippen LogP contribution in [-0.4, -0.2) is 52.9 Å². The van der Waals surface area contributed by atoms with Gasteiger partial charge in [-0.2, -0.15) is 0 Å². The van der Waals surface area contributed by atoms with E-state index in [0.29, 0.717) is 35.5 Å². The summed E-state index contributed by atoms with van der Waals surface area (Å²) in [5.74, 6) is -0.396. The van der Waals surface area contributed by atoms with Crippen molar-refractivity contribution in [1.82, 2.24) is 9.80 Å². The first-order valence-electron chi connectivity index (χ1n) is 9.64. The highest BCUT2D eigenvalue weighted by molar-refractivity contribution is 6.30. The summed E-state index contributed by atoms with van der Waals surface area (Å²) in [7, 11) is 0. The fourth-order valence-electron chi connectivity index (χ4n) is 4.09. The van der Waals surface area contributed by atoms with Gasteiger partial charge in [0.1, 0.15) is 0 Å². The summed E-state index contributed by atoms with van der Waals surface area (Å²) in [5.41, 5.74) is 1.09. The quantitative estimate of drug-likeness (QED) is 0.785. The van der Waals surface area contributed by atoms with Gasteiger partial charge in [-0.3, -0.25) is 14.5 Å². The predicted molar refractivity (Wildman–Crippen MR) is 107 cm³/mol. The Morgan fingerprint density at radius 3 is 2.04 bits per heavy atom. The number of amides is 2. The molecule has 2 heterocycles. The van der Waals surface area contributed by atoms with Crippen molar-refractivity contribution < 1.29 is 14.7 Å². The first kappa shape index (κ1) is 19.1. The van der Waals surface area contributed by atoms with Gasteiger partial charge in [-0.15, -0.1) is 0 Å². The number of benzene rings is 2. The molecule has 2 aliphatic rings. The Labute approximate surface area is 169 Å². The van der Waals surface area contributed by atoms with Crippen LogP contribution in [0.5, 0.6) is 0 Å². The number of halogens is 1. The van der Waals surface area contributed by atoms with Crippen LogP contribution in [0.3, 0.4) is 0 Å². The molecule has 1 fully saturated rings. The number of hydrogen-bond donors (Lipinski definition) is 1. The first-order chi connectivity index (χ1) is 13.5. The molecule has 0 atom stereocenters. The zero-order chi connectivity index (χ0) is 19.7. The Kier molecular flexibility index (Phi) is 5.23. The molecule has 2 aromatic carbocycles. The number of nitrogens with zero attached hydrogens (tertiary/aromatic N) is 2. The highest BCUT2D eigenvalue weighted by Gasteiger charge is 2.36. The van der Waals surface area contributed by atoms with Crippen molar-refractivity contribution in [3.63, 3.8) is 0 Å². The molecule has 0 aliphatic carbocycles. The summed E-state index contributed by atoms with van der Waals surface area (Å²) in [4.78, 5) is 28.4. The highest BCUT2D eigenvalue weighted by atomic mass is 35.5. The van der Waals surface area contributed by atoms with Crippen LogP contribution in [0, 0.1) is 0 Å². The summed E-state index contributed by atoms with van der Waals surface area (Å²) in [6.07, 6.45) is 2.04. The number of rotatable bonds is 5. The van der Waals surface area contributed by atoms with Gasteiger partial charge in [0, 0.05) is 24.7 Å². The van der Waals surface area contributed by atoms with Crippen LogP contribution in [0.2, 0.25) is 5.02 Å². The van der Waals surface area contributed by atoms with Crippen molar-refractivity contribution in [3.8, 4) is 0 Å². The molecular formula is C22H23ClN2O3. The van der Waals surface area contributed by atoms with Gasteiger partial charge in [0.25, 0.3) is 11.8 Å². The molecule has 6 heteroatoms. The lowest BCUT2D eigenvalue weighted by atomic mass is 9.84. The van der Waals surface area contributed by atoms with Gasteiger partial charge in [0.05, 0.1) is 16.7 Å². The maximum absolute atomic E-state index is 12.4. The minimum absolute atomic E-state index is 0.198. The molecule has 1 N–H and O–H groups in total. The van der Waals surface area contributed by atoms with E-state index in [4.69, 9.17) is 11.6 Å². The van der Waals surface area contributed by atoms with E-state index in [1.54, 1.807) is 24.3 Å². The Morgan fingerprint density at radius 2 is 1.46 bits per heavy atom. The van der Waals surface area contributed by atoms with Gasteiger partial charge in [-0.05, 0) is 55.6 Å². The lowest BCUT2D eigenvalue weighted by Crippen LogP contribution is -2.43. The third-order valence-corrected chi connectivity index (χ3v) is 6.05. The van der Waals surface area contributed by atoms with E-state index in [2.05, 4.69) is 4.90 Å². The minimum atomic E-state index is -0.816. The molecule has 4 rings (SSSR count). The fraction of sp³-hybridized carbons (Fsp3) is 0.364. The van der Waals surface area contributed by atoms with E-state index in [1.807, 2.05) is 24.3 Å². The Hall–Kier alpha value is -2.21. The standard InChI is InChI=1S/C22H23ClN2O3/c23-17-8-6-16(7-9-17)22(28)10-14-24(15-11-22)12-3-13-25-20(26)18-4-1-2-5-19(18)21(25)27/h1-2,4-9,28H,3,10-15H2. The molecule has 0 unspecified atom stereocenters. The number of carbonyl (C=O) groups excluding carboxylic acids is 2. The number of imide groups is 1. The summed E-state index contributed by atoms with van der Waals surface area (Å²) in [6.45, 7) is 2.77. The second kappa shape index (κ2) is 7.66. The van der Waals surface area contributed by atoms with E-state index >= 15 is 0 Å². The van der Waals surface area contributed by atoms with Gasteiger partial charge in [-0.25, -0.2) is 0 Å². The first-order valence-corrected chi connectivity index (χ1v) is 10.0. The number of hydrogen-bond acceptors (Lipinski definition) is 4. The van der Waals surface area contributed by atoms with Crippen LogP contribution in [0.15, 0.2) is 48.5 Å². The molecule has 28 heavy (non-hydrogen) atoms. The highest BCUT2D eigenvalue weighted by Crippen LogP contribution is 2.33. The SMILES string of the molecule is O=C1c2ccccc2C(=O)N1CCCN1CCC(O)(c2ccc(Cl)cc2)CC1. The van der Waals surface area contributed by atoms with Crippen molar-refractivity contribution in [2.45, 2.75) is 24.9 Å². The molecule has 146 valence electrons. The molecule has 0 aromatic heterocycles. The van der Waals surface area contributed by atoms with Gasteiger partial charge < -0.3 is 10.0 Å². The number of piperidine rings is 1. The second-order valence-electron chi connectivity index (χ2n) is 7.54. The van der Waals surface area contributed by atoms with Crippen molar-refractivity contribution in [3.05, 3.63) is 70.2 Å². The van der Waals surface area contributed by atoms with E-state index in [0.717, 1.165) is 31.6 Å². The fourth-order valence-corrected chi connectivity index (χ4v) is 4.22. The van der Waals surface area contributed by atoms with Crippen molar-refractivity contribution >= 4 is 23.4 Å². The third kappa shape index (κ3) is 3.58. The predicted octanol–water partition coefficient (Wildman–Crippen LogP) is 3.31. The monoisotopic (exact) mass is 398 g/mol. The lowest BCUT2D eigenvalue weighted by molar-refractivity contribution is -0.0261. The van der Waals surface area contributed by atoms with Crippen molar-refractivity contribution in [2.24, 2.45) is 0 Å². The van der Waals surface area contributed by atoms with Gasteiger partial charge >= 0.3 is 0 Å². The molecule has 0 spiro atoms. The van der Waals surface area contributed by atoms with Crippen LogP contribution in [0.1, 0.15) is 45.5 Å². The zero-order valence-electron chi connectivity index (χ0n) is 15.6. The molecular weight excluding hydrogens is 376 g/mol. The Balaban J connectivity index is 1.28. The smallest absolute Gasteiger partial charge is 0.261 e. The molecule has 1 saturated heterocycles. The largest absolute Gasteiger partial charge is 0.385 e. The molecule has 2 aromatic rings. The molecule has 5 nitrogen and oxygen atoms in total. The van der Waals surface area contributed by atoms with E-state index in [-0.39, 0.29) is 11.8 Å². The second-order valence-corrected chi connectivity index (χ2v) is 7.98. The number of likely N-dealkylation sites (tertiary alicyclic amines) is 1. The van der Waals surface area contributed by atoms with E-state index in [1.165, 1.54) is 4.90 Å². The topological polar surface area (TPSA) is 60.9 Å². The van der Waals surface area contributed by atoms with Crippen molar-refractivity contribution in [1.29, 1.82) is 0 Å². The number of fused-ring (bicyclic) bond motifs is 1. The van der Waals surface area contributed by atoms with Crippen LogP contribution in [-0.2, 0) is 5.60 Å². The summed E-state index contributed by atoms with van der Waals surface area (Å²) in [6, 6.07) is 14.4. The minimum Gasteiger partial charge on any atom is -0.385 e. The van der Waals surface area contributed by atoms with Crippen LogP contribution in [0.4, 0.5) is 0 Å². The molecule has 2 aliphatic heterocycles. The Morgan fingerprint density at radius 1 is 0.893 bits per heavy atom. The van der Waals surface area contributed by atoms with Crippen LogP contribution in [0.25, 0.3) is 0 Å². The number of aliphatic hydroxyl groups is 1. The van der Waals surface area contributed by atoms with Crippen LogP contribution >= 0.6 is 11.6 Å². The molecule has 0 saturated carbocycles. The maximum atomic E-state index is 12.4. The average molecular weight is 399 g/mol. The average Bonchev–Trinajstić information content (AvgIpc) is 2.95. The normalized spacial score (nSPS) is 19.1. The van der Waals surface area contributed by atoms with Gasteiger partial charge in [-0.1, -0.05) is 35.9 Å². The maximum Gasteiger partial charge on any atom is 0.261 e. The van der Waals surface area contributed by atoms with Gasteiger partial charge in [0.15, 0.2) is 0 Å². The van der Waals surface area contributed by atoms with E-state index in [9.17, 15) is 14.7 Å². The van der Waals surface area contributed by atoms with E-state index < -0.39 is 5.60 Å². The third-order valence-electron chi connectivity index (χ3n) is 5.80. The molecule has 2 amide bonds. The lowest BCUT2D eigenvalue weighted by Gasteiger charge is -2.38. The number of carbonyl (C=O) groups is 2. The van der Waals surface area contributed by atoms with Gasteiger partial charge in [0.2, 0.25) is 0 Å². The Bertz CT molecular complexity index is 854. The summed E-state index contributed by atoms with van der Waals surface area (Å²) < 4.78 is 0. The zero-order valence-corrected chi connectivity index (χ0v) is 16.4.